The van der Waals surface area contributed by atoms with Crippen LogP contribution in [0.4, 0.5) is 0 Å². The molecule has 0 fully saturated rings. The van der Waals surface area contributed by atoms with Gasteiger partial charge < -0.3 is 10.2 Å². The van der Waals surface area contributed by atoms with Crippen molar-refractivity contribution >= 4 is 5.78 Å². The Bertz CT molecular complexity index is 396. The first-order chi connectivity index (χ1) is 8.91. The normalized spacial score (nSPS) is 13.0. The molecule has 0 spiro atoms. The van der Waals surface area contributed by atoms with Crippen LogP contribution >= 0.6 is 0 Å². The molecule has 19 heavy (non-hydrogen) atoms. The van der Waals surface area contributed by atoms with E-state index in [1.807, 2.05) is 45.3 Å². The van der Waals surface area contributed by atoms with Gasteiger partial charge in [0.25, 0.3) is 0 Å². The average molecular weight is 262 g/mol. The minimum absolute atomic E-state index is 0.134. The van der Waals surface area contributed by atoms with Crippen LogP contribution in [0.5, 0.6) is 0 Å². The number of nitrogens with zero attached hydrogens (tertiary/aromatic N) is 1. The smallest absolute Gasteiger partial charge is 0.179 e. The highest BCUT2D eigenvalue weighted by atomic mass is 16.1. The lowest BCUT2D eigenvalue weighted by Gasteiger charge is -2.15. The molecule has 0 bridgehead atoms. The molecule has 0 saturated carbocycles. The molecule has 0 heterocycles. The highest BCUT2D eigenvalue weighted by Gasteiger charge is 2.14. The predicted molar refractivity (Wildman–Crippen MR) is 80.9 cm³/mol. The van der Waals surface area contributed by atoms with Crippen molar-refractivity contribution in [3.8, 4) is 0 Å². The van der Waals surface area contributed by atoms with Gasteiger partial charge in [0.1, 0.15) is 0 Å². The number of benzene rings is 1. The Balaban J connectivity index is 2.56. The number of hydrogen-bond donors (Lipinski definition) is 1. The molecule has 1 N–H and O–H groups in total. The van der Waals surface area contributed by atoms with Gasteiger partial charge in [-0.2, -0.15) is 0 Å². The first-order valence-corrected chi connectivity index (χ1v) is 6.94. The summed E-state index contributed by atoms with van der Waals surface area (Å²) in [6, 6.07) is 7.82. The topological polar surface area (TPSA) is 32.3 Å². The van der Waals surface area contributed by atoms with Crippen LogP contribution in [-0.4, -0.2) is 43.9 Å². The number of rotatable bonds is 7. The van der Waals surface area contributed by atoms with Crippen molar-refractivity contribution in [1.82, 2.24) is 10.2 Å². The molecule has 1 atom stereocenters. The zero-order valence-corrected chi connectivity index (χ0v) is 12.7. The second-order valence-electron chi connectivity index (χ2n) is 5.62. The molecular weight excluding hydrogens is 236 g/mol. The summed E-state index contributed by atoms with van der Waals surface area (Å²) in [4.78, 5) is 14.3. The van der Waals surface area contributed by atoms with E-state index < -0.39 is 0 Å². The summed E-state index contributed by atoms with van der Waals surface area (Å²) < 4.78 is 0. The van der Waals surface area contributed by atoms with Gasteiger partial charge in [0.05, 0.1) is 6.04 Å². The van der Waals surface area contributed by atoms with Crippen LogP contribution in [0.15, 0.2) is 24.3 Å². The Morgan fingerprint density at radius 1 is 1.16 bits per heavy atom. The Kier molecular flexibility index (Phi) is 6.19. The third-order valence-corrected chi connectivity index (χ3v) is 3.26. The Morgan fingerprint density at radius 2 is 1.74 bits per heavy atom. The number of ketones is 1. The van der Waals surface area contributed by atoms with Crippen molar-refractivity contribution in [3.05, 3.63) is 35.4 Å². The third-order valence-electron chi connectivity index (χ3n) is 3.26. The summed E-state index contributed by atoms with van der Waals surface area (Å²) in [5, 5.41) is 3.26. The van der Waals surface area contributed by atoms with E-state index in [4.69, 9.17) is 0 Å². The predicted octanol–water partition coefficient (Wildman–Crippen LogP) is 2.53. The van der Waals surface area contributed by atoms with Gasteiger partial charge in [-0.05, 0) is 32.5 Å². The van der Waals surface area contributed by atoms with Gasteiger partial charge in [0, 0.05) is 18.7 Å². The minimum Gasteiger partial charge on any atom is -0.308 e. The molecule has 0 aliphatic heterocycles. The Hall–Kier alpha value is -1.19. The van der Waals surface area contributed by atoms with Crippen molar-refractivity contribution in [2.24, 2.45) is 0 Å². The van der Waals surface area contributed by atoms with Gasteiger partial charge in [-0.3, -0.25) is 4.79 Å². The summed E-state index contributed by atoms with van der Waals surface area (Å²) in [6.45, 7) is 7.99. The summed E-state index contributed by atoms with van der Waals surface area (Å²) in [5.41, 5.74) is 2.05. The first-order valence-electron chi connectivity index (χ1n) is 6.94. The molecule has 0 aliphatic carbocycles. The molecule has 3 nitrogen and oxygen atoms in total. The number of carbonyl (C=O) groups excluding carboxylic acids is 1. The fourth-order valence-electron chi connectivity index (χ4n) is 1.88. The molecule has 1 aromatic carbocycles. The van der Waals surface area contributed by atoms with Gasteiger partial charge in [0.15, 0.2) is 5.78 Å². The van der Waals surface area contributed by atoms with Crippen molar-refractivity contribution in [2.45, 2.75) is 32.7 Å². The van der Waals surface area contributed by atoms with Gasteiger partial charge >= 0.3 is 0 Å². The van der Waals surface area contributed by atoms with E-state index >= 15 is 0 Å². The van der Waals surface area contributed by atoms with Crippen molar-refractivity contribution in [3.63, 3.8) is 0 Å². The Morgan fingerprint density at radius 3 is 2.21 bits per heavy atom. The highest BCUT2D eigenvalue weighted by Crippen LogP contribution is 2.15. The van der Waals surface area contributed by atoms with E-state index in [1.54, 1.807) is 0 Å². The van der Waals surface area contributed by atoms with Crippen LogP contribution in [0.2, 0.25) is 0 Å². The van der Waals surface area contributed by atoms with Crippen molar-refractivity contribution in [1.29, 1.82) is 0 Å². The van der Waals surface area contributed by atoms with Crippen LogP contribution in [0.3, 0.4) is 0 Å². The molecule has 0 aliphatic rings. The maximum Gasteiger partial charge on any atom is 0.179 e. The molecule has 106 valence electrons. The van der Waals surface area contributed by atoms with Crippen molar-refractivity contribution in [2.75, 3.05) is 27.2 Å². The molecule has 1 rings (SSSR count). The molecule has 0 amide bonds. The fraction of sp³-hybridized carbons (Fsp3) is 0.562. The van der Waals surface area contributed by atoms with E-state index in [-0.39, 0.29) is 11.8 Å². The lowest BCUT2D eigenvalue weighted by Crippen LogP contribution is -2.38. The van der Waals surface area contributed by atoms with Gasteiger partial charge in [0.2, 0.25) is 0 Å². The molecular formula is C16H26N2O. The second kappa shape index (κ2) is 7.41. The average Bonchev–Trinajstić information content (AvgIpc) is 2.37. The summed E-state index contributed by atoms with van der Waals surface area (Å²) >= 11 is 0. The summed E-state index contributed by atoms with van der Waals surface area (Å²) in [7, 11) is 4.05. The number of Topliss-reactive ketones (excluding diaryl/α,β-unsaturated/α-hetero) is 1. The zero-order valence-electron chi connectivity index (χ0n) is 12.7. The molecule has 0 aromatic heterocycles. The summed E-state index contributed by atoms with van der Waals surface area (Å²) in [6.07, 6.45) is 0. The zero-order chi connectivity index (χ0) is 14.4. The second-order valence-corrected chi connectivity index (χ2v) is 5.62. The first kappa shape index (κ1) is 15.9. The lowest BCUT2D eigenvalue weighted by atomic mass is 9.99. The third kappa shape index (κ3) is 5.13. The molecule has 0 radical (unpaired) electrons. The molecule has 3 heteroatoms. The minimum atomic E-state index is -0.134. The number of nitrogens with one attached hydrogen (secondary N) is 1. The highest BCUT2D eigenvalue weighted by molar-refractivity contribution is 5.99. The van der Waals surface area contributed by atoms with Gasteiger partial charge in [-0.25, -0.2) is 0 Å². The quantitative estimate of drug-likeness (QED) is 0.766. The monoisotopic (exact) mass is 262 g/mol. The number of carbonyl (C=O) groups is 1. The SMILES string of the molecule is CC(NCCN(C)C)C(=O)c1ccc(C(C)C)cc1. The summed E-state index contributed by atoms with van der Waals surface area (Å²) in [5.74, 6) is 0.661. The van der Waals surface area contributed by atoms with E-state index in [2.05, 4.69) is 24.1 Å². The van der Waals surface area contributed by atoms with Crippen LogP contribution < -0.4 is 5.32 Å². The molecule has 1 unspecified atom stereocenters. The van der Waals surface area contributed by atoms with E-state index in [9.17, 15) is 4.79 Å². The number of likely N-dealkylation sites (N-methyl/N-ethyl adjacent to an activating group) is 1. The van der Waals surface area contributed by atoms with E-state index in [0.717, 1.165) is 18.7 Å². The molecule has 1 aromatic rings. The fourth-order valence-corrected chi connectivity index (χ4v) is 1.88. The molecule has 0 saturated heterocycles. The van der Waals surface area contributed by atoms with Crippen LogP contribution in [0, 0.1) is 0 Å². The van der Waals surface area contributed by atoms with E-state index in [0.29, 0.717) is 5.92 Å². The van der Waals surface area contributed by atoms with Crippen LogP contribution in [0.25, 0.3) is 0 Å². The number of hydrogen-bond acceptors (Lipinski definition) is 3. The lowest BCUT2D eigenvalue weighted by molar-refractivity contribution is 0.0950. The maximum absolute atomic E-state index is 12.2. The van der Waals surface area contributed by atoms with E-state index in [1.165, 1.54) is 5.56 Å². The van der Waals surface area contributed by atoms with Crippen LogP contribution in [-0.2, 0) is 0 Å². The van der Waals surface area contributed by atoms with Gasteiger partial charge in [-0.1, -0.05) is 38.1 Å². The van der Waals surface area contributed by atoms with Crippen molar-refractivity contribution < 1.29 is 4.79 Å². The largest absolute Gasteiger partial charge is 0.308 e. The van der Waals surface area contributed by atoms with Crippen LogP contribution in [0.1, 0.15) is 42.6 Å². The Labute approximate surface area is 117 Å². The standard InChI is InChI=1S/C16H26N2O/c1-12(2)14-6-8-15(9-7-14)16(19)13(3)17-10-11-18(4)5/h6-9,12-13,17H,10-11H2,1-5H3. The van der Waals surface area contributed by atoms with Gasteiger partial charge in [-0.15, -0.1) is 0 Å². The maximum atomic E-state index is 12.2.